The van der Waals surface area contributed by atoms with Crippen LogP contribution in [0.4, 0.5) is 5.69 Å². The van der Waals surface area contributed by atoms with Gasteiger partial charge in [0.2, 0.25) is 5.88 Å². The number of anilines is 1. The summed E-state index contributed by atoms with van der Waals surface area (Å²) in [5.74, 6) is 1.53. The van der Waals surface area contributed by atoms with Gasteiger partial charge in [-0.05, 0) is 36.2 Å². The third-order valence-corrected chi connectivity index (χ3v) is 3.14. The van der Waals surface area contributed by atoms with Crippen molar-refractivity contribution in [2.75, 3.05) is 19.0 Å². The SMILES string of the molecule is CCCCOc1ccc(CNc2cccnc2OC)cc1. The van der Waals surface area contributed by atoms with E-state index in [1.165, 1.54) is 5.56 Å². The number of nitrogens with zero attached hydrogens (tertiary/aromatic N) is 1. The Morgan fingerprint density at radius 1 is 1.14 bits per heavy atom. The molecule has 0 radical (unpaired) electrons. The minimum Gasteiger partial charge on any atom is -0.494 e. The second-order valence-corrected chi connectivity index (χ2v) is 4.76. The molecular formula is C17H22N2O2. The van der Waals surface area contributed by atoms with E-state index in [0.29, 0.717) is 5.88 Å². The molecule has 0 aliphatic heterocycles. The highest BCUT2D eigenvalue weighted by Gasteiger charge is 2.02. The fourth-order valence-electron chi connectivity index (χ4n) is 1.92. The molecule has 1 aromatic heterocycles. The lowest BCUT2D eigenvalue weighted by atomic mass is 10.2. The molecule has 112 valence electrons. The first-order valence-electron chi connectivity index (χ1n) is 7.28. The summed E-state index contributed by atoms with van der Waals surface area (Å²) in [4.78, 5) is 4.16. The first-order valence-corrected chi connectivity index (χ1v) is 7.28. The lowest BCUT2D eigenvalue weighted by Crippen LogP contribution is -2.02. The fraction of sp³-hybridized carbons (Fsp3) is 0.353. The third-order valence-electron chi connectivity index (χ3n) is 3.14. The highest BCUT2D eigenvalue weighted by molar-refractivity contribution is 5.52. The van der Waals surface area contributed by atoms with Crippen LogP contribution in [-0.4, -0.2) is 18.7 Å². The molecule has 0 amide bonds. The maximum atomic E-state index is 5.65. The van der Waals surface area contributed by atoms with Crippen molar-refractivity contribution in [1.82, 2.24) is 4.98 Å². The minimum absolute atomic E-state index is 0.608. The smallest absolute Gasteiger partial charge is 0.237 e. The summed E-state index contributed by atoms with van der Waals surface area (Å²) < 4.78 is 10.9. The molecule has 1 aromatic carbocycles. The van der Waals surface area contributed by atoms with Crippen LogP contribution in [0.2, 0.25) is 0 Å². The monoisotopic (exact) mass is 286 g/mol. The van der Waals surface area contributed by atoms with Gasteiger partial charge in [-0.1, -0.05) is 25.5 Å². The largest absolute Gasteiger partial charge is 0.494 e. The van der Waals surface area contributed by atoms with E-state index in [-0.39, 0.29) is 0 Å². The Labute approximate surface area is 126 Å². The van der Waals surface area contributed by atoms with Crippen LogP contribution in [0, 0.1) is 0 Å². The third kappa shape index (κ3) is 4.67. The Hall–Kier alpha value is -2.23. The number of unbranched alkanes of at least 4 members (excludes halogenated alkanes) is 1. The maximum absolute atomic E-state index is 5.65. The van der Waals surface area contributed by atoms with Gasteiger partial charge in [0.25, 0.3) is 0 Å². The number of benzene rings is 1. The van der Waals surface area contributed by atoms with Crippen LogP contribution < -0.4 is 14.8 Å². The molecule has 0 aliphatic rings. The first kappa shape index (κ1) is 15.2. The zero-order valence-electron chi connectivity index (χ0n) is 12.6. The summed E-state index contributed by atoms with van der Waals surface area (Å²) >= 11 is 0. The van der Waals surface area contributed by atoms with Gasteiger partial charge in [-0.15, -0.1) is 0 Å². The Balaban J connectivity index is 1.88. The summed E-state index contributed by atoms with van der Waals surface area (Å²) in [7, 11) is 1.62. The minimum atomic E-state index is 0.608. The van der Waals surface area contributed by atoms with Crippen molar-refractivity contribution in [3.63, 3.8) is 0 Å². The molecule has 0 atom stereocenters. The molecule has 0 aliphatic carbocycles. The predicted molar refractivity (Wildman–Crippen MR) is 85.0 cm³/mol. The summed E-state index contributed by atoms with van der Waals surface area (Å²) in [5, 5.41) is 3.32. The predicted octanol–water partition coefficient (Wildman–Crippen LogP) is 3.88. The number of nitrogens with one attached hydrogen (secondary N) is 1. The number of aromatic nitrogens is 1. The number of rotatable bonds is 8. The van der Waals surface area contributed by atoms with E-state index in [2.05, 4.69) is 29.4 Å². The Bertz CT molecular complexity index is 541. The molecule has 2 rings (SSSR count). The van der Waals surface area contributed by atoms with E-state index in [0.717, 1.165) is 37.4 Å². The summed E-state index contributed by atoms with van der Waals surface area (Å²) in [6.45, 7) is 3.66. The topological polar surface area (TPSA) is 43.4 Å². The van der Waals surface area contributed by atoms with E-state index in [4.69, 9.17) is 9.47 Å². The van der Waals surface area contributed by atoms with Gasteiger partial charge in [-0.25, -0.2) is 4.98 Å². The van der Waals surface area contributed by atoms with E-state index in [1.807, 2.05) is 24.3 Å². The second kappa shape index (κ2) is 8.15. The first-order chi connectivity index (χ1) is 10.3. The molecule has 0 fully saturated rings. The molecule has 1 heterocycles. The molecule has 0 unspecified atom stereocenters. The van der Waals surface area contributed by atoms with Crippen LogP contribution in [0.25, 0.3) is 0 Å². The standard InChI is InChI=1S/C17H22N2O2/c1-3-4-12-21-15-9-7-14(8-10-15)13-19-16-6-5-11-18-17(16)20-2/h5-11,19H,3-4,12-13H2,1-2H3. The average molecular weight is 286 g/mol. The summed E-state index contributed by atoms with van der Waals surface area (Å²) in [6, 6.07) is 12.0. The van der Waals surface area contributed by atoms with Gasteiger partial charge < -0.3 is 14.8 Å². The molecule has 0 spiro atoms. The summed E-state index contributed by atoms with van der Waals surface area (Å²) in [5.41, 5.74) is 2.08. The zero-order valence-corrected chi connectivity index (χ0v) is 12.6. The number of methoxy groups -OCH3 is 1. The number of ether oxygens (including phenoxy) is 2. The van der Waals surface area contributed by atoms with E-state index >= 15 is 0 Å². The average Bonchev–Trinajstić information content (AvgIpc) is 2.54. The van der Waals surface area contributed by atoms with Gasteiger partial charge in [0.05, 0.1) is 19.4 Å². The van der Waals surface area contributed by atoms with Crippen molar-refractivity contribution >= 4 is 5.69 Å². The lowest BCUT2D eigenvalue weighted by molar-refractivity contribution is 0.309. The van der Waals surface area contributed by atoms with Crippen molar-refractivity contribution < 1.29 is 9.47 Å². The van der Waals surface area contributed by atoms with Gasteiger partial charge >= 0.3 is 0 Å². The maximum Gasteiger partial charge on any atom is 0.237 e. The second-order valence-electron chi connectivity index (χ2n) is 4.76. The highest BCUT2D eigenvalue weighted by Crippen LogP contribution is 2.21. The number of hydrogen-bond donors (Lipinski definition) is 1. The highest BCUT2D eigenvalue weighted by atomic mass is 16.5. The van der Waals surface area contributed by atoms with Crippen LogP contribution in [0.3, 0.4) is 0 Å². The molecule has 4 heteroatoms. The van der Waals surface area contributed by atoms with Crippen LogP contribution in [-0.2, 0) is 6.54 Å². The summed E-state index contributed by atoms with van der Waals surface area (Å²) in [6.07, 6.45) is 3.95. The normalized spacial score (nSPS) is 10.2. The van der Waals surface area contributed by atoms with Gasteiger partial charge in [0.15, 0.2) is 0 Å². The zero-order chi connectivity index (χ0) is 14.9. The molecule has 4 nitrogen and oxygen atoms in total. The number of pyridine rings is 1. The van der Waals surface area contributed by atoms with Crippen LogP contribution >= 0.6 is 0 Å². The van der Waals surface area contributed by atoms with Crippen molar-refractivity contribution in [1.29, 1.82) is 0 Å². The quantitative estimate of drug-likeness (QED) is 0.748. The number of hydrogen-bond acceptors (Lipinski definition) is 4. The van der Waals surface area contributed by atoms with E-state index in [1.54, 1.807) is 13.3 Å². The van der Waals surface area contributed by atoms with Crippen molar-refractivity contribution in [3.8, 4) is 11.6 Å². The molecule has 0 bridgehead atoms. The van der Waals surface area contributed by atoms with Crippen molar-refractivity contribution in [3.05, 3.63) is 48.2 Å². The molecule has 1 N–H and O–H groups in total. The molecular weight excluding hydrogens is 264 g/mol. The fourth-order valence-corrected chi connectivity index (χ4v) is 1.92. The van der Waals surface area contributed by atoms with E-state index in [9.17, 15) is 0 Å². The lowest BCUT2D eigenvalue weighted by Gasteiger charge is -2.10. The molecule has 21 heavy (non-hydrogen) atoms. The molecule has 0 saturated carbocycles. The van der Waals surface area contributed by atoms with Crippen molar-refractivity contribution in [2.24, 2.45) is 0 Å². The Morgan fingerprint density at radius 3 is 2.67 bits per heavy atom. The van der Waals surface area contributed by atoms with Crippen LogP contribution in [0.15, 0.2) is 42.6 Å². The Kier molecular flexibility index (Phi) is 5.88. The Morgan fingerprint density at radius 2 is 1.95 bits per heavy atom. The van der Waals surface area contributed by atoms with Gasteiger partial charge in [0, 0.05) is 12.7 Å². The van der Waals surface area contributed by atoms with Gasteiger partial charge in [0.1, 0.15) is 5.75 Å². The molecule has 2 aromatic rings. The van der Waals surface area contributed by atoms with Crippen molar-refractivity contribution in [2.45, 2.75) is 26.3 Å². The van der Waals surface area contributed by atoms with Crippen LogP contribution in [0.5, 0.6) is 11.6 Å². The molecule has 0 saturated heterocycles. The van der Waals surface area contributed by atoms with E-state index < -0.39 is 0 Å². The van der Waals surface area contributed by atoms with Crippen LogP contribution in [0.1, 0.15) is 25.3 Å². The van der Waals surface area contributed by atoms with Gasteiger partial charge in [-0.3, -0.25) is 0 Å². The van der Waals surface area contributed by atoms with Gasteiger partial charge in [-0.2, -0.15) is 0 Å².